The highest BCUT2D eigenvalue weighted by Crippen LogP contribution is 2.26. The van der Waals surface area contributed by atoms with Crippen molar-refractivity contribution in [2.75, 3.05) is 18.4 Å². The lowest BCUT2D eigenvalue weighted by molar-refractivity contribution is 0.200. The smallest absolute Gasteiger partial charge is 0.321 e. The number of hydrogen-bond donors (Lipinski definition) is 1. The van der Waals surface area contributed by atoms with Crippen LogP contribution in [0.2, 0.25) is 0 Å². The highest BCUT2D eigenvalue weighted by atomic mass is 16.2. The Morgan fingerprint density at radius 3 is 2.48 bits per heavy atom. The fourth-order valence-electron chi connectivity index (χ4n) is 3.31. The van der Waals surface area contributed by atoms with Crippen molar-refractivity contribution < 1.29 is 4.79 Å². The van der Waals surface area contributed by atoms with Gasteiger partial charge in [0.05, 0.1) is 16.9 Å². The zero-order chi connectivity index (χ0) is 17.1. The lowest BCUT2D eigenvalue weighted by atomic mass is 10.1. The first kappa shape index (κ1) is 15.6. The van der Waals surface area contributed by atoms with Crippen LogP contribution in [0.3, 0.4) is 0 Å². The maximum atomic E-state index is 12.6. The van der Waals surface area contributed by atoms with E-state index in [9.17, 15) is 4.79 Å². The highest BCUT2D eigenvalue weighted by molar-refractivity contribution is 6.00. The molecule has 0 spiro atoms. The van der Waals surface area contributed by atoms with Gasteiger partial charge >= 0.3 is 6.03 Å². The number of rotatable bonds is 2. The molecule has 0 bridgehead atoms. The first-order valence-electron chi connectivity index (χ1n) is 8.82. The van der Waals surface area contributed by atoms with Gasteiger partial charge in [-0.3, -0.25) is 0 Å². The fourth-order valence-corrected chi connectivity index (χ4v) is 3.31. The average Bonchev–Trinajstić information content (AvgIpc) is 2.69. The lowest BCUT2D eigenvalue weighted by Gasteiger charge is -2.27. The Bertz CT molecular complexity index is 886. The monoisotopic (exact) mass is 331 g/mol. The van der Waals surface area contributed by atoms with Crippen LogP contribution in [0.5, 0.6) is 0 Å². The summed E-state index contributed by atoms with van der Waals surface area (Å²) in [4.78, 5) is 19.3. The van der Waals surface area contributed by atoms with Crippen LogP contribution in [0.15, 0.2) is 60.7 Å². The van der Waals surface area contributed by atoms with Gasteiger partial charge in [-0.1, -0.05) is 48.5 Å². The van der Waals surface area contributed by atoms with Gasteiger partial charge in [-0.05, 0) is 31.4 Å². The van der Waals surface area contributed by atoms with E-state index in [1.54, 1.807) is 0 Å². The molecule has 0 aliphatic carbocycles. The van der Waals surface area contributed by atoms with E-state index in [4.69, 9.17) is 4.98 Å². The van der Waals surface area contributed by atoms with Gasteiger partial charge in [0.1, 0.15) is 0 Å². The van der Waals surface area contributed by atoms with Crippen LogP contribution in [0.1, 0.15) is 19.3 Å². The van der Waals surface area contributed by atoms with Gasteiger partial charge in [0.25, 0.3) is 0 Å². The summed E-state index contributed by atoms with van der Waals surface area (Å²) in [5, 5.41) is 4.08. The van der Waals surface area contributed by atoms with Crippen LogP contribution in [0.4, 0.5) is 10.5 Å². The summed E-state index contributed by atoms with van der Waals surface area (Å²) in [5.41, 5.74) is 3.58. The topological polar surface area (TPSA) is 45.2 Å². The summed E-state index contributed by atoms with van der Waals surface area (Å²) in [7, 11) is 0. The molecule has 4 nitrogen and oxygen atoms in total. The van der Waals surface area contributed by atoms with E-state index in [1.807, 2.05) is 59.5 Å². The number of urea groups is 1. The van der Waals surface area contributed by atoms with Crippen LogP contribution < -0.4 is 5.32 Å². The second-order valence-corrected chi connectivity index (χ2v) is 6.42. The van der Waals surface area contributed by atoms with Crippen molar-refractivity contribution >= 4 is 22.6 Å². The van der Waals surface area contributed by atoms with Crippen LogP contribution in [0, 0.1) is 0 Å². The van der Waals surface area contributed by atoms with Crippen molar-refractivity contribution in [1.82, 2.24) is 9.88 Å². The van der Waals surface area contributed by atoms with Gasteiger partial charge < -0.3 is 10.2 Å². The molecule has 1 fully saturated rings. The number of para-hydroxylation sites is 1. The van der Waals surface area contributed by atoms with Crippen molar-refractivity contribution in [3.63, 3.8) is 0 Å². The molecule has 2 heterocycles. The lowest BCUT2D eigenvalue weighted by Crippen LogP contribution is -2.38. The van der Waals surface area contributed by atoms with Gasteiger partial charge in [-0.15, -0.1) is 0 Å². The Hall–Kier alpha value is -2.88. The molecule has 0 saturated carbocycles. The third-order valence-corrected chi connectivity index (χ3v) is 4.67. The normalized spacial score (nSPS) is 14.5. The van der Waals surface area contributed by atoms with Gasteiger partial charge in [-0.2, -0.15) is 0 Å². The third-order valence-electron chi connectivity index (χ3n) is 4.67. The van der Waals surface area contributed by atoms with E-state index in [-0.39, 0.29) is 6.03 Å². The van der Waals surface area contributed by atoms with Crippen molar-refractivity contribution in [3.05, 3.63) is 60.7 Å². The highest BCUT2D eigenvalue weighted by Gasteiger charge is 2.17. The summed E-state index contributed by atoms with van der Waals surface area (Å²) < 4.78 is 0. The number of benzene rings is 2. The molecule has 0 atom stereocenters. The second-order valence-electron chi connectivity index (χ2n) is 6.42. The van der Waals surface area contributed by atoms with Crippen LogP contribution >= 0.6 is 0 Å². The van der Waals surface area contributed by atoms with Crippen LogP contribution in [0.25, 0.3) is 22.2 Å². The molecule has 1 aliphatic rings. The molecular formula is C21H21N3O. The second kappa shape index (κ2) is 6.93. The largest absolute Gasteiger partial charge is 0.325 e. The maximum absolute atomic E-state index is 12.6. The number of aromatic nitrogens is 1. The zero-order valence-corrected chi connectivity index (χ0v) is 14.1. The Morgan fingerprint density at radius 1 is 0.880 bits per heavy atom. The summed E-state index contributed by atoms with van der Waals surface area (Å²) in [6, 6.07) is 20.0. The zero-order valence-electron chi connectivity index (χ0n) is 14.1. The van der Waals surface area contributed by atoms with Crippen LogP contribution in [-0.4, -0.2) is 29.0 Å². The molecule has 1 aliphatic heterocycles. The molecule has 2 amide bonds. The van der Waals surface area contributed by atoms with Gasteiger partial charge in [0.15, 0.2) is 0 Å². The minimum atomic E-state index is -0.0286. The predicted octanol–water partition coefficient (Wildman–Crippen LogP) is 4.92. The molecule has 2 aromatic carbocycles. The molecule has 4 heteroatoms. The van der Waals surface area contributed by atoms with Gasteiger partial charge in [0, 0.05) is 24.0 Å². The van der Waals surface area contributed by atoms with E-state index in [0.717, 1.165) is 53.8 Å². The predicted molar refractivity (Wildman–Crippen MR) is 102 cm³/mol. The van der Waals surface area contributed by atoms with Gasteiger partial charge in [-0.25, -0.2) is 9.78 Å². The average molecular weight is 331 g/mol. The Labute approximate surface area is 147 Å². The molecule has 4 rings (SSSR count). The van der Waals surface area contributed by atoms with Crippen molar-refractivity contribution in [2.45, 2.75) is 19.3 Å². The Balaban J connectivity index is 1.67. The molecule has 25 heavy (non-hydrogen) atoms. The number of likely N-dealkylation sites (tertiary alicyclic amines) is 1. The summed E-state index contributed by atoms with van der Waals surface area (Å²) in [6.45, 7) is 1.67. The number of fused-ring (bicyclic) bond motifs is 1. The number of anilines is 1. The van der Waals surface area contributed by atoms with E-state index in [1.165, 1.54) is 6.42 Å². The summed E-state index contributed by atoms with van der Waals surface area (Å²) in [5.74, 6) is 0. The number of carbonyl (C=O) groups excluding carboxylic acids is 1. The van der Waals surface area contributed by atoms with Gasteiger partial charge in [0.2, 0.25) is 0 Å². The number of nitrogens with zero attached hydrogens (tertiary/aromatic N) is 2. The minimum absolute atomic E-state index is 0.0286. The number of pyridine rings is 1. The number of nitrogens with one attached hydrogen (secondary N) is 1. The molecule has 0 radical (unpaired) electrons. The number of hydrogen-bond acceptors (Lipinski definition) is 2. The van der Waals surface area contributed by atoms with Crippen LogP contribution in [-0.2, 0) is 0 Å². The fraction of sp³-hybridized carbons (Fsp3) is 0.238. The maximum Gasteiger partial charge on any atom is 0.321 e. The molecule has 1 N–H and O–H groups in total. The number of amides is 2. The number of piperidine rings is 1. The van der Waals surface area contributed by atoms with E-state index in [2.05, 4.69) is 11.4 Å². The molecule has 3 aromatic rings. The first-order valence-corrected chi connectivity index (χ1v) is 8.82. The Morgan fingerprint density at radius 2 is 1.68 bits per heavy atom. The molecular weight excluding hydrogens is 310 g/mol. The standard InChI is InChI=1S/C21H21N3O/c25-21(24-14-5-2-6-15-24)23-19-11-7-10-17-12-13-18(22-20(17)19)16-8-3-1-4-9-16/h1,3-4,7-13H,2,5-6,14-15H2,(H,23,25). The third kappa shape index (κ3) is 3.33. The van der Waals surface area contributed by atoms with Crippen molar-refractivity contribution in [1.29, 1.82) is 0 Å². The number of carbonyl (C=O) groups is 1. The summed E-state index contributed by atoms with van der Waals surface area (Å²) in [6.07, 6.45) is 3.37. The molecule has 126 valence electrons. The van der Waals surface area contributed by atoms with Crippen molar-refractivity contribution in [2.24, 2.45) is 0 Å². The van der Waals surface area contributed by atoms with E-state index >= 15 is 0 Å². The Kier molecular flexibility index (Phi) is 4.34. The molecule has 1 saturated heterocycles. The quantitative estimate of drug-likeness (QED) is 0.724. The minimum Gasteiger partial charge on any atom is -0.325 e. The molecule has 1 aromatic heterocycles. The van der Waals surface area contributed by atoms with E-state index in [0.29, 0.717) is 0 Å². The first-order chi connectivity index (χ1) is 12.3. The summed E-state index contributed by atoms with van der Waals surface area (Å²) >= 11 is 0. The molecule has 0 unspecified atom stereocenters. The SMILES string of the molecule is O=C(Nc1cccc2ccc(-c3ccccc3)nc12)N1CCCCC1. The van der Waals surface area contributed by atoms with Crippen molar-refractivity contribution in [3.8, 4) is 11.3 Å². The van der Waals surface area contributed by atoms with E-state index < -0.39 is 0 Å².